The molecule has 0 atom stereocenters. The monoisotopic (exact) mass is 379 g/mol. The highest BCUT2D eigenvalue weighted by Gasteiger charge is 2.35. The Balaban J connectivity index is 1.90. The molecule has 8 heteroatoms. The van der Waals surface area contributed by atoms with Gasteiger partial charge in [0.2, 0.25) is 0 Å². The fourth-order valence-corrected chi connectivity index (χ4v) is 2.63. The summed E-state index contributed by atoms with van der Waals surface area (Å²) in [5.41, 5.74) is 0.772. The quantitative estimate of drug-likeness (QED) is 0.576. The number of amides is 4. The molecule has 1 fully saturated rings. The Morgan fingerprint density at radius 3 is 2.43 bits per heavy atom. The van der Waals surface area contributed by atoms with E-state index in [-0.39, 0.29) is 17.9 Å². The molecule has 2 aromatic rings. The molecule has 8 nitrogen and oxygen atoms in total. The second kappa shape index (κ2) is 8.17. The van der Waals surface area contributed by atoms with Gasteiger partial charge in [-0.2, -0.15) is 0 Å². The highest BCUT2D eigenvalue weighted by atomic mass is 16.5. The van der Waals surface area contributed by atoms with E-state index in [9.17, 15) is 24.3 Å². The molecule has 1 aliphatic rings. The molecule has 3 rings (SSSR count). The van der Waals surface area contributed by atoms with E-state index in [0.717, 1.165) is 10.5 Å². The summed E-state index contributed by atoms with van der Waals surface area (Å²) in [6.45, 7) is -0.683. The van der Waals surface area contributed by atoms with Gasteiger partial charge < -0.3 is 14.6 Å². The summed E-state index contributed by atoms with van der Waals surface area (Å²) in [7, 11) is 0. The van der Waals surface area contributed by atoms with Crippen molar-refractivity contribution < 1.29 is 29.0 Å². The van der Waals surface area contributed by atoms with Gasteiger partial charge in [0.05, 0.1) is 12.5 Å². The molecule has 1 N–H and O–H groups in total. The molecule has 0 bridgehead atoms. The van der Waals surface area contributed by atoms with E-state index in [1.807, 2.05) is 0 Å². The SMILES string of the molecule is O=C([O-])COc1ccccc1/C=C1\C(=O)NC(=O)N(Cc2ccccc2)C1=O. The first-order valence-corrected chi connectivity index (χ1v) is 8.30. The molecule has 0 aromatic heterocycles. The lowest BCUT2D eigenvalue weighted by Gasteiger charge is -2.26. The lowest BCUT2D eigenvalue weighted by Crippen LogP contribution is -2.53. The topological polar surface area (TPSA) is 116 Å². The first kappa shape index (κ1) is 18.8. The van der Waals surface area contributed by atoms with Crippen molar-refractivity contribution >= 4 is 29.9 Å². The minimum atomic E-state index is -1.41. The van der Waals surface area contributed by atoms with Crippen molar-refractivity contribution in [2.75, 3.05) is 6.61 Å². The largest absolute Gasteiger partial charge is 0.546 e. The molecule has 2 aromatic carbocycles. The van der Waals surface area contributed by atoms with Gasteiger partial charge in [-0.3, -0.25) is 19.8 Å². The Bertz CT molecular complexity index is 968. The summed E-state index contributed by atoms with van der Waals surface area (Å²) < 4.78 is 5.12. The van der Waals surface area contributed by atoms with Crippen molar-refractivity contribution in [3.05, 3.63) is 71.3 Å². The molecule has 1 aliphatic heterocycles. The first-order valence-electron chi connectivity index (χ1n) is 8.30. The van der Waals surface area contributed by atoms with E-state index in [1.165, 1.54) is 12.1 Å². The van der Waals surface area contributed by atoms with E-state index in [0.29, 0.717) is 5.56 Å². The zero-order chi connectivity index (χ0) is 20.1. The number of nitrogens with zero attached hydrogens (tertiary/aromatic N) is 1. The number of nitrogens with one attached hydrogen (secondary N) is 1. The number of ether oxygens (including phenoxy) is 1. The van der Waals surface area contributed by atoms with Crippen LogP contribution in [0.5, 0.6) is 5.75 Å². The molecule has 0 saturated carbocycles. The molecule has 1 heterocycles. The van der Waals surface area contributed by atoms with Gasteiger partial charge in [-0.25, -0.2) is 4.79 Å². The Morgan fingerprint density at radius 1 is 1.04 bits per heavy atom. The Labute approximate surface area is 160 Å². The van der Waals surface area contributed by atoms with E-state index < -0.39 is 30.4 Å². The number of imide groups is 2. The maximum Gasteiger partial charge on any atom is 0.331 e. The molecule has 1 saturated heterocycles. The summed E-state index contributed by atoms with van der Waals surface area (Å²) in [6, 6.07) is 14.3. The zero-order valence-electron chi connectivity index (χ0n) is 14.6. The van der Waals surface area contributed by atoms with Crippen LogP contribution in [0.15, 0.2) is 60.2 Å². The van der Waals surface area contributed by atoms with Crippen molar-refractivity contribution in [1.29, 1.82) is 0 Å². The fraction of sp³-hybridized carbons (Fsp3) is 0.100. The standard InChI is InChI=1S/C20H16N2O6/c23-17(24)12-28-16-9-5-4-8-14(16)10-15-18(25)21-20(27)22(19(15)26)11-13-6-2-1-3-7-13/h1-10H,11-12H2,(H,23,24)(H,21,25,27)/p-1/b15-10+. The van der Waals surface area contributed by atoms with Crippen molar-refractivity contribution in [1.82, 2.24) is 10.2 Å². The Hall–Kier alpha value is -3.94. The number of hydrogen-bond acceptors (Lipinski definition) is 6. The van der Waals surface area contributed by atoms with Crippen molar-refractivity contribution in [3.63, 3.8) is 0 Å². The third-order valence-electron chi connectivity index (χ3n) is 3.93. The van der Waals surface area contributed by atoms with Crippen LogP contribution in [0.1, 0.15) is 11.1 Å². The maximum atomic E-state index is 12.8. The number of carboxylic acid groups (broad SMARTS) is 1. The van der Waals surface area contributed by atoms with Gasteiger partial charge in [0.15, 0.2) is 0 Å². The molecule has 0 unspecified atom stereocenters. The third kappa shape index (κ3) is 4.24. The van der Waals surface area contributed by atoms with Crippen LogP contribution in [0.3, 0.4) is 0 Å². The highest BCUT2D eigenvalue weighted by Crippen LogP contribution is 2.23. The predicted octanol–water partition coefficient (Wildman–Crippen LogP) is 0.477. The fourth-order valence-electron chi connectivity index (χ4n) is 2.63. The van der Waals surface area contributed by atoms with Crippen LogP contribution in [-0.4, -0.2) is 35.3 Å². The number of urea groups is 1. The van der Waals surface area contributed by atoms with Crippen LogP contribution in [0.4, 0.5) is 4.79 Å². The predicted molar refractivity (Wildman–Crippen MR) is 95.5 cm³/mol. The van der Waals surface area contributed by atoms with Gasteiger partial charge in [0, 0.05) is 5.56 Å². The average molecular weight is 379 g/mol. The minimum Gasteiger partial charge on any atom is -0.546 e. The van der Waals surface area contributed by atoms with E-state index in [4.69, 9.17) is 4.74 Å². The average Bonchev–Trinajstić information content (AvgIpc) is 2.68. The van der Waals surface area contributed by atoms with Crippen molar-refractivity contribution in [3.8, 4) is 5.75 Å². The maximum absolute atomic E-state index is 12.8. The summed E-state index contributed by atoms with van der Waals surface area (Å²) in [5, 5.41) is 12.8. The number of para-hydroxylation sites is 1. The number of carboxylic acids is 1. The van der Waals surface area contributed by atoms with Crippen LogP contribution < -0.4 is 15.2 Å². The lowest BCUT2D eigenvalue weighted by atomic mass is 10.1. The summed E-state index contributed by atoms with van der Waals surface area (Å²) in [6.07, 6.45) is 1.26. The molecule has 0 aliphatic carbocycles. The highest BCUT2D eigenvalue weighted by molar-refractivity contribution is 6.31. The van der Waals surface area contributed by atoms with Crippen LogP contribution in [-0.2, 0) is 20.9 Å². The first-order chi connectivity index (χ1) is 13.5. The van der Waals surface area contributed by atoms with E-state index in [2.05, 4.69) is 5.32 Å². The number of carbonyl (C=O) groups is 4. The number of aliphatic carboxylic acids is 1. The molecule has 0 radical (unpaired) electrons. The molecule has 142 valence electrons. The molecule has 4 amide bonds. The second-order valence-electron chi connectivity index (χ2n) is 5.89. The summed E-state index contributed by atoms with van der Waals surface area (Å²) in [4.78, 5) is 48.6. The number of hydrogen-bond donors (Lipinski definition) is 1. The Kier molecular flexibility index (Phi) is 5.50. The molecule has 0 spiro atoms. The van der Waals surface area contributed by atoms with Crippen molar-refractivity contribution in [2.45, 2.75) is 6.54 Å². The summed E-state index contributed by atoms with van der Waals surface area (Å²) >= 11 is 0. The van der Waals surface area contributed by atoms with Gasteiger partial charge in [-0.15, -0.1) is 0 Å². The van der Waals surface area contributed by atoms with Crippen molar-refractivity contribution in [2.24, 2.45) is 0 Å². The normalized spacial score (nSPS) is 15.5. The van der Waals surface area contributed by atoms with Crippen LogP contribution in [0.25, 0.3) is 6.08 Å². The molecule has 28 heavy (non-hydrogen) atoms. The van der Waals surface area contributed by atoms with E-state index >= 15 is 0 Å². The number of rotatable bonds is 6. The Morgan fingerprint density at radius 2 is 1.71 bits per heavy atom. The second-order valence-corrected chi connectivity index (χ2v) is 5.89. The number of barbiturate groups is 1. The minimum absolute atomic E-state index is 0.00103. The third-order valence-corrected chi connectivity index (χ3v) is 3.93. The van der Waals surface area contributed by atoms with Gasteiger partial charge >= 0.3 is 6.03 Å². The van der Waals surface area contributed by atoms with Gasteiger partial charge in [0.25, 0.3) is 11.8 Å². The number of benzene rings is 2. The van der Waals surface area contributed by atoms with Gasteiger partial charge in [-0.1, -0.05) is 48.5 Å². The van der Waals surface area contributed by atoms with E-state index in [1.54, 1.807) is 48.5 Å². The zero-order valence-corrected chi connectivity index (χ0v) is 14.6. The smallest absolute Gasteiger partial charge is 0.331 e. The van der Waals surface area contributed by atoms with Crippen LogP contribution >= 0.6 is 0 Å². The van der Waals surface area contributed by atoms with Crippen LogP contribution in [0.2, 0.25) is 0 Å². The molecular weight excluding hydrogens is 364 g/mol. The van der Waals surface area contributed by atoms with Crippen LogP contribution in [0, 0.1) is 0 Å². The molecular formula is C20H15N2O6-. The summed E-state index contributed by atoms with van der Waals surface area (Å²) in [5.74, 6) is -2.85. The van der Waals surface area contributed by atoms with Gasteiger partial charge in [-0.05, 0) is 17.7 Å². The number of carbonyl (C=O) groups excluding carboxylic acids is 4. The van der Waals surface area contributed by atoms with Gasteiger partial charge in [0.1, 0.15) is 17.9 Å². The lowest BCUT2D eigenvalue weighted by molar-refractivity contribution is -0.307.